The van der Waals surface area contributed by atoms with Crippen LogP contribution in [0.1, 0.15) is 43.9 Å². The van der Waals surface area contributed by atoms with Crippen LogP contribution < -0.4 is 0 Å². The average molecular weight is 344 g/mol. The first kappa shape index (κ1) is 17.9. The SMILES string of the molecule is Cc1ccc(C2C(C(=O)N3CC(C)OC(C)C3)CCC(=O)N2C)cc1. The van der Waals surface area contributed by atoms with Gasteiger partial charge in [-0.2, -0.15) is 0 Å². The molecule has 3 rings (SSSR count). The summed E-state index contributed by atoms with van der Waals surface area (Å²) in [5.41, 5.74) is 2.21. The number of morpholine rings is 1. The highest BCUT2D eigenvalue weighted by Gasteiger charge is 2.41. The first-order chi connectivity index (χ1) is 11.9. The first-order valence-corrected chi connectivity index (χ1v) is 9.13. The summed E-state index contributed by atoms with van der Waals surface area (Å²) in [7, 11) is 1.82. The van der Waals surface area contributed by atoms with Crippen molar-refractivity contribution in [3.8, 4) is 0 Å². The summed E-state index contributed by atoms with van der Waals surface area (Å²) in [4.78, 5) is 29.2. The number of hydrogen-bond donors (Lipinski definition) is 0. The van der Waals surface area contributed by atoms with Gasteiger partial charge in [0.25, 0.3) is 0 Å². The number of aryl methyl sites for hydroxylation is 1. The van der Waals surface area contributed by atoms with E-state index in [1.165, 1.54) is 5.56 Å². The molecule has 0 bridgehead atoms. The summed E-state index contributed by atoms with van der Waals surface area (Å²) in [6, 6.07) is 7.98. The zero-order valence-corrected chi connectivity index (χ0v) is 15.6. The summed E-state index contributed by atoms with van der Waals surface area (Å²) in [6.45, 7) is 7.29. The van der Waals surface area contributed by atoms with E-state index in [9.17, 15) is 9.59 Å². The highest BCUT2D eigenvalue weighted by molar-refractivity contribution is 5.85. The predicted octanol–water partition coefficient (Wildman–Crippen LogP) is 2.54. The van der Waals surface area contributed by atoms with E-state index in [1.807, 2.05) is 57.0 Å². The van der Waals surface area contributed by atoms with Gasteiger partial charge in [0.2, 0.25) is 11.8 Å². The van der Waals surface area contributed by atoms with Crippen molar-refractivity contribution in [1.82, 2.24) is 9.80 Å². The van der Waals surface area contributed by atoms with Gasteiger partial charge in [-0.15, -0.1) is 0 Å². The van der Waals surface area contributed by atoms with E-state index in [0.717, 1.165) is 5.56 Å². The molecule has 2 amide bonds. The molecule has 0 radical (unpaired) electrons. The van der Waals surface area contributed by atoms with Crippen molar-refractivity contribution in [3.05, 3.63) is 35.4 Å². The van der Waals surface area contributed by atoms with Gasteiger partial charge in [0.1, 0.15) is 0 Å². The zero-order chi connectivity index (χ0) is 18.1. The Bertz CT molecular complexity index is 633. The monoisotopic (exact) mass is 344 g/mol. The Morgan fingerprint density at radius 1 is 1.12 bits per heavy atom. The lowest BCUT2D eigenvalue weighted by atomic mass is 9.83. The fourth-order valence-corrected chi connectivity index (χ4v) is 4.11. The predicted molar refractivity (Wildman–Crippen MR) is 96.0 cm³/mol. The topological polar surface area (TPSA) is 49.9 Å². The summed E-state index contributed by atoms with van der Waals surface area (Å²) >= 11 is 0. The molecule has 5 heteroatoms. The van der Waals surface area contributed by atoms with E-state index in [4.69, 9.17) is 4.74 Å². The summed E-state index contributed by atoms with van der Waals surface area (Å²) < 4.78 is 5.76. The van der Waals surface area contributed by atoms with Gasteiger partial charge in [0.15, 0.2) is 0 Å². The van der Waals surface area contributed by atoms with Crippen molar-refractivity contribution in [1.29, 1.82) is 0 Å². The molecule has 2 fully saturated rings. The van der Waals surface area contributed by atoms with Gasteiger partial charge >= 0.3 is 0 Å². The van der Waals surface area contributed by atoms with Crippen LogP contribution in [0.2, 0.25) is 0 Å². The molecule has 0 N–H and O–H groups in total. The van der Waals surface area contributed by atoms with Crippen LogP contribution >= 0.6 is 0 Å². The van der Waals surface area contributed by atoms with Crippen molar-refractivity contribution < 1.29 is 14.3 Å². The fraction of sp³-hybridized carbons (Fsp3) is 0.600. The molecule has 25 heavy (non-hydrogen) atoms. The maximum atomic E-state index is 13.3. The van der Waals surface area contributed by atoms with Crippen molar-refractivity contribution >= 4 is 11.8 Å². The molecule has 0 aliphatic carbocycles. The Kier molecular flexibility index (Phi) is 5.13. The van der Waals surface area contributed by atoms with Crippen LogP contribution in [0, 0.1) is 12.8 Å². The van der Waals surface area contributed by atoms with E-state index < -0.39 is 0 Å². The molecule has 2 saturated heterocycles. The van der Waals surface area contributed by atoms with Crippen molar-refractivity contribution in [2.75, 3.05) is 20.1 Å². The molecule has 2 aliphatic rings. The molecule has 2 aliphatic heterocycles. The Hall–Kier alpha value is -1.88. The van der Waals surface area contributed by atoms with Crippen LogP contribution in [-0.4, -0.2) is 54.0 Å². The molecular formula is C20H28N2O3. The smallest absolute Gasteiger partial charge is 0.228 e. The lowest BCUT2D eigenvalue weighted by Gasteiger charge is -2.43. The van der Waals surface area contributed by atoms with E-state index in [-0.39, 0.29) is 36.0 Å². The van der Waals surface area contributed by atoms with Gasteiger partial charge in [0.05, 0.1) is 24.2 Å². The molecule has 0 spiro atoms. The number of likely N-dealkylation sites (tertiary alicyclic amines) is 1. The van der Waals surface area contributed by atoms with Crippen LogP contribution in [0.15, 0.2) is 24.3 Å². The zero-order valence-electron chi connectivity index (χ0n) is 15.6. The van der Waals surface area contributed by atoms with Gasteiger partial charge in [0, 0.05) is 26.6 Å². The van der Waals surface area contributed by atoms with E-state index in [0.29, 0.717) is 25.9 Å². The highest BCUT2D eigenvalue weighted by Crippen LogP contribution is 2.37. The maximum absolute atomic E-state index is 13.3. The maximum Gasteiger partial charge on any atom is 0.228 e. The van der Waals surface area contributed by atoms with Gasteiger partial charge < -0.3 is 14.5 Å². The number of amides is 2. The normalized spacial score (nSPS) is 30.5. The van der Waals surface area contributed by atoms with Gasteiger partial charge in [-0.05, 0) is 32.8 Å². The second-order valence-electron chi connectivity index (χ2n) is 7.51. The molecule has 4 atom stereocenters. The third-order valence-corrected chi connectivity index (χ3v) is 5.33. The first-order valence-electron chi connectivity index (χ1n) is 9.13. The molecule has 0 saturated carbocycles. The Morgan fingerprint density at radius 2 is 1.72 bits per heavy atom. The molecule has 136 valence electrons. The van der Waals surface area contributed by atoms with Gasteiger partial charge in [-0.1, -0.05) is 29.8 Å². The second kappa shape index (κ2) is 7.16. The molecule has 4 unspecified atom stereocenters. The molecule has 1 aromatic carbocycles. The van der Waals surface area contributed by atoms with Crippen LogP contribution in [0.4, 0.5) is 0 Å². The minimum atomic E-state index is -0.192. The number of nitrogens with zero attached hydrogens (tertiary/aromatic N) is 2. The average Bonchev–Trinajstić information content (AvgIpc) is 2.57. The summed E-state index contributed by atoms with van der Waals surface area (Å²) in [5.74, 6) is 0.0631. The van der Waals surface area contributed by atoms with E-state index in [1.54, 1.807) is 4.90 Å². The number of rotatable bonds is 2. The van der Waals surface area contributed by atoms with Crippen molar-refractivity contribution in [3.63, 3.8) is 0 Å². The number of benzene rings is 1. The van der Waals surface area contributed by atoms with Crippen LogP contribution in [0.3, 0.4) is 0 Å². The van der Waals surface area contributed by atoms with Crippen LogP contribution in [0.25, 0.3) is 0 Å². The van der Waals surface area contributed by atoms with E-state index in [2.05, 4.69) is 0 Å². The lowest BCUT2D eigenvalue weighted by Crippen LogP contribution is -2.53. The quantitative estimate of drug-likeness (QED) is 0.828. The minimum absolute atomic E-state index is 0.0495. The van der Waals surface area contributed by atoms with Crippen LogP contribution in [0.5, 0.6) is 0 Å². The second-order valence-corrected chi connectivity index (χ2v) is 7.51. The Balaban J connectivity index is 1.87. The molecule has 0 aromatic heterocycles. The van der Waals surface area contributed by atoms with Gasteiger partial charge in [-0.25, -0.2) is 0 Å². The molecule has 5 nitrogen and oxygen atoms in total. The van der Waals surface area contributed by atoms with Crippen molar-refractivity contribution in [2.24, 2.45) is 5.92 Å². The standard InChI is InChI=1S/C20H28N2O3/c1-13-5-7-16(8-6-13)19-17(9-10-18(23)21(19)4)20(24)22-11-14(2)25-15(3)12-22/h5-8,14-15,17,19H,9-12H2,1-4H3. The molecule has 1 aromatic rings. The largest absolute Gasteiger partial charge is 0.372 e. The number of carbonyl (C=O) groups excluding carboxylic acids is 2. The Morgan fingerprint density at radius 3 is 2.32 bits per heavy atom. The minimum Gasteiger partial charge on any atom is -0.372 e. The lowest BCUT2D eigenvalue weighted by molar-refractivity contribution is -0.154. The van der Waals surface area contributed by atoms with Gasteiger partial charge in [-0.3, -0.25) is 9.59 Å². The molecular weight excluding hydrogens is 316 g/mol. The summed E-state index contributed by atoms with van der Waals surface area (Å²) in [6.07, 6.45) is 1.15. The summed E-state index contributed by atoms with van der Waals surface area (Å²) in [5, 5.41) is 0. The number of carbonyl (C=O) groups is 2. The number of ether oxygens (including phenoxy) is 1. The number of hydrogen-bond acceptors (Lipinski definition) is 3. The molecule has 2 heterocycles. The Labute approximate surface area is 149 Å². The third kappa shape index (κ3) is 3.71. The highest BCUT2D eigenvalue weighted by atomic mass is 16.5. The van der Waals surface area contributed by atoms with Crippen molar-refractivity contribution in [2.45, 2.75) is 51.9 Å². The van der Waals surface area contributed by atoms with Crippen LogP contribution in [-0.2, 0) is 14.3 Å². The number of piperidine rings is 1. The third-order valence-electron chi connectivity index (χ3n) is 5.33. The van der Waals surface area contributed by atoms with E-state index >= 15 is 0 Å². The fourth-order valence-electron chi connectivity index (χ4n) is 4.11.